The summed E-state index contributed by atoms with van der Waals surface area (Å²) in [6, 6.07) is 12.8. The zero-order chi connectivity index (χ0) is 23.1. The third-order valence-electron chi connectivity index (χ3n) is 4.18. The van der Waals surface area contributed by atoms with Gasteiger partial charge in [0, 0.05) is 0 Å². The highest BCUT2D eigenvalue weighted by Crippen LogP contribution is 2.23. The highest BCUT2D eigenvalue weighted by molar-refractivity contribution is 5.94. The smallest absolute Gasteiger partial charge is 0.362 e. The van der Waals surface area contributed by atoms with Gasteiger partial charge in [0.15, 0.2) is 12.4 Å². The third-order valence-corrected chi connectivity index (χ3v) is 4.18. The van der Waals surface area contributed by atoms with Crippen LogP contribution in [0.1, 0.15) is 17.4 Å². The summed E-state index contributed by atoms with van der Waals surface area (Å²) in [6.07, 6.45) is 0. The first kappa shape index (κ1) is 22.5. The molecule has 0 atom stereocenters. The summed E-state index contributed by atoms with van der Waals surface area (Å²) in [5, 5.41) is 6.63. The fourth-order valence-corrected chi connectivity index (χ4v) is 2.74. The van der Waals surface area contributed by atoms with E-state index in [1.54, 1.807) is 31.2 Å². The van der Waals surface area contributed by atoms with E-state index in [4.69, 9.17) is 14.2 Å². The topological polar surface area (TPSA) is 109 Å². The number of hydrogen-bond donors (Lipinski definition) is 1. The number of rotatable bonds is 8. The van der Waals surface area contributed by atoms with Crippen molar-refractivity contribution >= 4 is 17.6 Å². The third kappa shape index (κ3) is 5.28. The molecule has 0 saturated heterocycles. The fraction of sp³-hybridized carbons (Fsp3) is 0.182. The molecule has 0 bridgehead atoms. The summed E-state index contributed by atoms with van der Waals surface area (Å²) in [5.74, 6) is -1.65. The Labute approximate surface area is 182 Å². The van der Waals surface area contributed by atoms with Crippen LogP contribution in [0.5, 0.6) is 11.5 Å². The van der Waals surface area contributed by atoms with E-state index in [-0.39, 0.29) is 23.7 Å². The number of anilines is 1. The van der Waals surface area contributed by atoms with Crippen LogP contribution in [0, 0.1) is 5.82 Å². The summed E-state index contributed by atoms with van der Waals surface area (Å²) in [4.78, 5) is 37.2. The van der Waals surface area contributed by atoms with E-state index in [0.29, 0.717) is 11.4 Å². The number of amides is 1. The zero-order valence-electron chi connectivity index (χ0n) is 17.3. The Bertz CT molecular complexity index is 1180. The van der Waals surface area contributed by atoms with Crippen LogP contribution in [-0.4, -0.2) is 42.0 Å². The van der Waals surface area contributed by atoms with Crippen molar-refractivity contribution < 1.29 is 28.2 Å². The van der Waals surface area contributed by atoms with Crippen molar-refractivity contribution in [3.8, 4) is 17.2 Å². The van der Waals surface area contributed by atoms with Crippen molar-refractivity contribution in [2.24, 2.45) is 0 Å². The lowest BCUT2D eigenvalue weighted by molar-refractivity contribution is -0.118. The number of aromatic nitrogens is 2. The van der Waals surface area contributed by atoms with E-state index in [1.165, 1.54) is 19.2 Å². The van der Waals surface area contributed by atoms with Crippen molar-refractivity contribution in [1.82, 2.24) is 9.78 Å². The molecule has 1 aromatic heterocycles. The Hall–Kier alpha value is -4.21. The van der Waals surface area contributed by atoms with Crippen LogP contribution in [0.3, 0.4) is 0 Å². The van der Waals surface area contributed by atoms with Crippen LogP contribution >= 0.6 is 0 Å². The lowest BCUT2D eigenvalue weighted by Gasteiger charge is -2.13. The Morgan fingerprint density at radius 1 is 1.09 bits per heavy atom. The number of para-hydroxylation sites is 2. The van der Waals surface area contributed by atoms with Gasteiger partial charge in [-0.3, -0.25) is 9.59 Å². The molecule has 0 aliphatic carbocycles. The molecule has 0 aliphatic rings. The molecule has 0 spiro atoms. The predicted molar refractivity (Wildman–Crippen MR) is 113 cm³/mol. The van der Waals surface area contributed by atoms with Crippen molar-refractivity contribution in [3.63, 3.8) is 0 Å². The average Bonchev–Trinajstić information content (AvgIpc) is 2.79. The van der Waals surface area contributed by atoms with Gasteiger partial charge in [0.05, 0.1) is 31.2 Å². The maximum Gasteiger partial charge on any atom is 0.362 e. The van der Waals surface area contributed by atoms with Gasteiger partial charge >= 0.3 is 5.97 Å². The summed E-state index contributed by atoms with van der Waals surface area (Å²) >= 11 is 0. The molecule has 1 amide bonds. The second-order valence-electron chi connectivity index (χ2n) is 6.34. The Morgan fingerprint density at radius 3 is 2.50 bits per heavy atom. The summed E-state index contributed by atoms with van der Waals surface area (Å²) in [5.41, 5.74) is -0.285. The van der Waals surface area contributed by atoms with E-state index >= 15 is 0 Å². The van der Waals surface area contributed by atoms with Gasteiger partial charge in [0.1, 0.15) is 11.6 Å². The van der Waals surface area contributed by atoms with E-state index in [2.05, 4.69) is 10.4 Å². The molecule has 3 aromatic rings. The lowest BCUT2D eigenvalue weighted by Crippen LogP contribution is -2.27. The molecule has 10 heteroatoms. The first-order chi connectivity index (χ1) is 15.4. The molecule has 1 heterocycles. The van der Waals surface area contributed by atoms with Crippen molar-refractivity contribution in [3.05, 3.63) is 76.5 Å². The molecule has 9 nitrogen and oxygen atoms in total. The number of esters is 1. The Balaban J connectivity index is 1.85. The summed E-state index contributed by atoms with van der Waals surface area (Å²) in [6.45, 7) is 1.16. The largest absolute Gasteiger partial charge is 0.495 e. The van der Waals surface area contributed by atoms with Gasteiger partial charge in [0.25, 0.3) is 11.5 Å². The number of benzene rings is 2. The SMILES string of the molecule is CCOC(=O)c1nn(-c2ccc(F)cc2)c(=O)cc1OCC(=O)Nc1ccccc1OC. The lowest BCUT2D eigenvalue weighted by atomic mass is 10.3. The highest BCUT2D eigenvalue weighted by Gasteiger charge is 2.21. The minimum absolute atomic E-state index is 0.0594. The number of hydrogen-bond acceptors (Lipinski definition) is 7. The van der Waals surface area contributed by atoms with Crippen LogP contribution < -0.4 is 20.3 Å². The van der Waals surface area contributed by atoms with Crippen LogP contribution in [0.15, 0.2) is 59.4 Å². The number of carbonyl (C=O) groups excluding carboxylic acids is 2. The van der Waals surface area contributed by atoms with E-state index < -0.39 is 29.9 Å². The molecule has 0 fully saturated rings. The predicted octanol–water partition coefficient (Wildman–Crippen LogP) is 2.57. The molecule has 0 aliphatic heterocycles. The van der Waals surface area contributed by atoms with Gasteiger partial charge in [-0.05, 0) is 43.3 Å². The quantitative estimate of drug-likeness (QED) is 0.535. The first-order valence-electron chi connectivity index (χ1n) is 9.56. The molecule has 0 radical (unpaired) electrons. The van der Waals surface area contributed by atoms with E-state index in [1.807, 2.05) is 0 Å². The normalized spacial score (nSPS) is 10.3. The Morgan fingerprint density at radius 2 is 1.81 bits per heavy atom. The number of nitrogens with zero attached hydrogens (tertiary/aromatic N) is 2. The Kier molecular flexibility index (Phi) is 7.17. The van der Waals surface area contributed by atoms with Crippen LogP contribution in [0.2, 0.25) is 0 Å². The van der Waals surface area contributed by atoms with Gasteiger partial charge in [-0.25, -0.2) is 9.18 Å². The van der Waals surface area contributed by atoms with Gasteiger partial charge in [-0.2, -0.15) is 9.78 Å². The minimum Gasteiger partial charge on any atom is -0.495 e. The number of nitrogens with one attached hydrogen (secondary N) is 1. The number of carbonyl (C=O) groups is 2. The molecule has 3 rings (SSSR count). The number of ether oxygens (including phenoxy) is 3. The molecular formula is C22H20FN3O6. The van der Waals surface area contributed by atoms with E-state index in [9.17, 15) is 18.8 Å². The minimum atomic E-state index is -0.844. The maximum atomic E-state index is 13.2. The van der Waals surface area contributed by atoms with Gasteiger partial charge < -0.3 is 19.5 Å². The highest BCUT2D eigenvalue weighted by atomic mass is 19.1. The first-order valence-corrected chi connectivity index (χ1v) is 9.56. The van der Waals surface area contributed by atoms with Gasteiger partial charge in [-0.15, -0.1) is 0 Å². The van der Waals surface area contributed by atoms with Crippen molar-refractivity contribution in [2.75, 3.05) is 25.6 Å². The van der Waals surface area contributed by atoms with Crippen LogP contribution in [0.4, 0.5) is 10.1 Å². The molecule has 32 heavy (non-hydrogen) atoms. The second-order valence-corrected chi connectivity index (χ2v) is 6.34. The number of methoxy groups -OCH3 is 1. The van der Waals surface area contributed by atoms with Crippen molar-refractivity contribution in [2.45, 2.75) is 6.92 Å². The molecular weight excluding hydrogens is 421 g/mol. The van der Waals surface area contributed by atoms with Gasteiger partial charge in [0.2, 0.25) is 5.69 Å². The maximum absolute atomic E-state index is 13.2. The molecule has 1 N–H and O–H groups in total. The standard InChI is InChI=1S/C22H20FN3O6/c1-3-31-22(29)21-18(12-20(28)26(25-21)15-10-8-14(23)9-11-15)32-13-19(27)24-16-6-4-5-7-17(16)30-2/h4-12H,3,13H2,1-2H3,(H,24,27). The van der Waals surface area contributed by atoms with Crippen LogP contribution in [-0.2, 0) is 9.53 Å². The summed E-state index contributed by atoms with van der Waals surface area (Å²) in [7, 11) is 1.47. The molecule has 0 saturated carbocycles. The molecule has 2 aromatic carbocycles. The zero-order valence-corrected chi connectivity index (χ0v) is 17.3. The fourth-order valence-electron chi connectivity index (χ4n) is 2.74. The molecule has 0 unspecified atom stereocenters. The number of halogens is 1. The summed E-state index contributed by atoms with van der Waals surface area (Å²) < 4.78 is 29.7. The average molecular weight is 441 g/mol. The van der Waals surface area contributed by atoms with Crippen LogP contribution in [0.25, 0.3) is 5.69 Å². The van der Waals surface area contributed by atoms with Gasteiger partial charge in [-0.1, -0.05) is 12.1 Å². The monoisotopic (exact) mass is 441 g/mol. The van der Waals surface area contributed by atoms with E-state index in [0.717, 1.165) is 22.9 Å². The van der Waals surface area contributed by atoms with Crippen molar-refractivity contribution in [1.29, 1.82) is 0 Å². The molecule has 166 valence electrons. The second kappa shape index (κ2) is 10.2.